The molecule has 0 fully saturated rings. The summed E-state index contributed by atoms with van der Waals surface area (Å²) in [5.74, 6) is 0.605. The number of hydrogen-bond acceptors (Lipinski definition) is 4. The molecule has 0 amide bonds. The van der Waals surface area contributed by atoms with Gasteiger partial charge in [0.25, 0.3) is 0 Å². The van der Waals surface area contributed by atoms with Crippen LogP contribution in [0.5, 0.6) is 0 Å². The Morgan fingerprint density at radius 1 is 0.432 bits per heavy atom. The van der Waals surface area contributed by atoms with Gasteiger partial charge in [0.05, 0.1) is 37.8 Å². The highest BCUT2D eigenvalue weighted by Crippen LogP contribution is 2.44. The minimum Gasteiger partial charge on any atom is -0.422 e. The normalized spacial score (nSPS) is 12.1. The van der Waals surface area contributed by atoms with Crippen LogP contribution in [0.4, 0.5) is 0 Å². The lowest BCUT2D eigenvalue weighted by molar-refractivity contribution is 0.644. The molecule has 5 nitrogen and oxygen atoms in total. The summed E-state index contributed by atoms with van der Waals surface area (Å²) in [5.41, 5.74) is 14.0. The monoisotopic (exact) mass is 582 g/mol. The maximum absolute atomic E-state index is 6.49. The molecule has 0 unspecified atom stereocenters. The van der Waals surface area contributed by atoms with Gasteiger partial charge < -0.3 is 4.42 Å². The summed E-state index contributed by atoms with van der Waals surface area (Å²) in [6, 6.07) is 46.8. The molecule has 6 heteroatoms. The van der Waals surface area contributed by atoms with Crippen molar-refractivity contribution in [3.8, 4) is 33.4 Å². The fraction of sp³-hybridized carbons (Fsp3) is 0. The van der Waals surface area contributed by atoms with E-state index in [4.69, 9.17) is 14.4 Å². The van der Waals surface area contributed by atoms with Crippen LogP contribution < -0.4 is 0 Å². The van der Waals surface area contributed by atoms with Crippen LogP contribution in [0.1, 0.15) is 0 Å². The van der Waals surface area contributed by atoms with Gasteiger partial charge in [0, 0.05) is 11.1 Å². The molecule has 4 heterocycles. The zero-order valence-corrected chi connectivity index (χ0v) is 24.1. The summed E-state index contributed by atoms with van der Waals surface area (Å²) < 4.78 is 12.1. The molecular formula is C38H22N4OS. The van der Waals surface area contributed by atoms with Gasteiger partial charge in [0.15, 0.2) is 10.5 Å². The van der Waals surface area contributed by atoms with Crippen LogP contribution in [0.2, 0.25) is 0 Å². The number of thiazole rings is 1. The fourth-order valence-electron chi connectivity index (χ4n) is 6.74. The van der Waals surface area contributed by atoms with Crippen LogP contribution in [0, 0.1) is 0 Å². The van der Waals surface area contributed by atoms with E-state index in [1.54, 1.807) is 11.3 Å². The first-order valence-electron chi connectivity index (χ1n) is 14.6. The van der Waals surface area contributed by atoms with Crippen molar-refractivity contribution >= 4 is 65.5 Å². The molecule has 0 saturated heterocycles. The molecule has 0 bridgehead atoms. The summed E-state index contributed by atoms with van der Waals surface area (Å²) in [6.45, 7) is 0. The van der Waals surface area contributed by atoms with E-state index in [0.29, 0.717) is 5.84 Å². The van der Waals surface area contributed by atoms with Crippen LogP contribution in [0.25, 0.3) is 87.6 Å². The minimum atomic E-state index is 0.605. The smallest absolute Gasteiger partial charge is 0.307 e. The highest BCUT2D eigenvalue weighted by molar-refractivity contribution is 7.24. The molecule has 0 saturated carbocycles. The standard InChI is InChI=1S/C38H22N4OS/c1-3-13-25(27-15-9-21-33-35(27)43-37-39-29-17-5-7-19-31(29)41(33)37)23(11-1)24-12-2-4-14-26(24)28-16-10-22-34-36(28)44-38-40-30-18-6-8-20-32(30)42(34)38/h1-22H. The highest BCUT2D eigenvalue weighted by Gasteiger charge is 2.21. The Labute approximate surface area is 254 Å². The van der Waals surface area contributed by atoms with Crippen molar-refractivity contribution in [3.05, 3.63) is 133 Å². The minimum absolute atomic E-state index is 0.605. The average Bonchev–Trinajstić information content (AvgIpc) is 3.82. The third-order valence-corrected chi connectivity index (χ3v) is 9.73. The Morgan fingerprint density at radius 2 is 0.932 bits per heavy atom. The zero-order chi connectivity index (χ0) is 28.8. The Kier molecular flexibility index (Phi) is 4.81. The molecule has 206 valence electrons. The maximum atomic E-state index is 6.49. The number of fused-ring (bicyclic) bond motifs is 10. The predicted molar refractivity (Wildman–Crippen MR) is 180 cm³/mol. The maximum Gasteiger partial charge on any atom is 0.307 e. The molecule has 0 atom stereocenters. The second-order valence-corrected chi connectivity index (χ2v) is 12.0. The van der Waals surface area contributed by atoms with Crippen LogP contribution >= 0.6 is 11.3 Å². The van der Waals surface area contributed by atoms with Crippen LogP contribution in [0.15, 0.2) is 138 Å². The Morgan fingerprint density at radius 3 is 1.66 bits per heavy atom. The topological polar surface area (TPSA) is 47.7 Å². The molecule has 0 N–H and O–H groups in total. The number of oxazole rings is 1. The molecule has 0 aliphatic carbocycles. The number of benzene rings is 6. The van der Waals surface area contributed by atoms with Gasteiger partial charge in [0.1, 0.15) is 0 Å². The first-order chi connectivity index (χ1) is 21.8. The van der Waals surface area contributed by atoms with E-state index in [2.05, 4.69) is 118 Å². The highest BCUT2D eigenvalue weighted by atomic mass is 32.1. The molecule has 10 rings (SSSR count). The van der Waals surface area contributed by atoms with Gasteiger partial charge in [-0.05, 0) is 58.7 Å². The first kappa shape index (κ1) is 23.8. The number of hydrogen-bond donors (Lipinski definition) is 0. The summed E-state index contributed by atoms with van der Waals surface area (Å²) in [4.78, 5) is 10.7. The second-order valence-electron chi connectivity index (χ2n) is 11.0. The summed E-state index contributed by atoms with van der Waals surface area (Å²) >= 11 is 1.75. The molecular weight excluding hydrogens is 561 g/mol. The van der Waals surface area contributed by atoms with E-state index < -0.39 is 0 Å². The van der Waals surface area contributed by atoms with Crippen molar-refractivity contribution in [1.29, 1.82) is 0 Å². The molecule has 4 aromatic heterocycles. The average molecular weight is 583 g/mol. The SMILES string of the molecule is c1ccc(-c2cccc3c2oc2nc4ccccc4n23)c(-c2ccccc2-c2cccc3c2sc2nc4ccccc4n23)c1. The number of aromatic nitrogens is 4. The second kappa shape index (κ2) is 8.89. The molecule has 0 spiro atoms. The van der Waals surface area contributed by atoms with E-state index in [-0.39, 0.29) is 0 Å². The molecule has 0 radical (unpaired) electrons. The van der Waals surface area contributed by atoms with E-state index in [0.717, 1.165) is 54.8 Å². The number of rotatable bonds is 3. The lowest BCUT2D eigenvalue weighted by atomic mass is 9.89. The van der Waals surface area contributed by atoms with Gasteiger partial charge >= 0.3 is 5.84 Å². The van der Waals surface area contributed by atoms with E-state index >= 15 is 0 Å². The van der Waals surface area contributed by atoms with Crippen LogP contribution in [0.3, 0.4) is 0 Å². The van der Waals surface area contributed by atoms with E-state index in [1.165, 1.54) is 26.9 Å². The lowest BCUT2D eigenvalue weighted by Gasteiger charge is -2.15. The lowest BCUT2D eigenvalue weighted by Crippen LogP contribution is -1.90. The third-order valence-electron chi connectivity index (χ3n) is 8.64. The van der Waals surface area contributed by atoms with Crippen molar-refractivity contribution < 1.29 is 4.42 Å². The molecule has 10 aromatic rings. The number of para-hydroxylation sites is 5. The summed E-state index contributed by atoms with van der Waals surface area (Å²) in [6.07, 6.45) is 0. The fourth-order valence-corrected chi connectivity index (χ4v) is 7.91. The van der Waals surface area contributed by atoms with Crippen molar-refractivity contribution in [2.45, 2.75) is 0 Å². The van der Waals surface area contributed by atoms with Gasteiger partial charge in [-0.2, -0.15) is 4.98 Å². The van der Waals surface area contributed by atoms with Gasteiger partial charge in [-0.3, -0.25) is 8.80 Å². The molecule has 6 aromatic carbocycles. The first-order valence-corrected chi connectivity index (χ1v) is 15.4. The Hall–Kier alpha value is -5.72. The van der Waals surface area contributed by atoms with Crippen molar-refractivity contribution in [2.24, 2.45) is 0 Å². The van der Waals surface area contributed by atoms with Crippen molar-refractivity contribution in [2.75, 3.05) is 0 Å². The van der Waals surface area contributed by atoms with Crippen LogP contribution in [-0.2, 0) is 0 Å². The van der Waals surface area contributed by atoms with Crippen molar-refractivity contribution in [3.63, 3.8) is 0 Å². The zero-order valence-electron chi connectivity index (χ0n) is 23.3. The van der Waals surface area contributed by atoms with Crippen LogP contribution in [-0.4, -0.2) is 18.8 Å². The van der Waals surface area contributed by atoms with Gasteiger partial charge in [-0.15, -0.1) is 0 Å². The molecule has 0 aliphatic rings. The van der Waals surface area contributed by atoms with E-state index in [9.17, 15) is 0 Å². The van der Waals surface area contributed by atoms with E-state index in [1.807, 2.05) is 24.3 Å². The Balaban J connectivity index is 1.21. The summed E-state index contributed by atoms with van der Waals surface area (Å²) in [5, 5.41) is 0. The number of imidazole rings is 2. The predicted octanol–water partition coefficient (Wildman–Crippen LogP) is 10.3. The quantitative estimate of drug-likeness (QED) is 0.208. The number of nitrogens with zero attached hydrogens (tertiary/aromatic N) is 4. The van der Waals surface area contributed by atoms with Crippen molar-refractivity contribution in [1.82, 2.24) is 18.8 Å². The largest absolute Gasteiger partial charge is 0.422 e. The van der Waals surface area contributed by atoms with Gasteiger partial charge in [-0.1, -0.05) is 108 Å². The van der Waals surface area contributed by atoms with Gasteiger partial charge in [0.2, 0.25) is 0 Å². The molecule has 0 aliphatic heterocycles. The van der Waals surface area contributed by atoms with Gasteiger partial charge in [-0.25, -0.2) is 4.98 Å². The summed E-state index contributed by atoms with van der Waals surface area (Å²) in [7, 11) is 0. The third kappa shape index (κ3) is 3.23. The Bertz CT molecular complexity index is 2550. The molecule has 44 heavy (non-hydrogen) atoms.